The maximum absolute atomic E-state index is 10.6. The Kier molecular flexibility index (Phi) is 2.43. The first-order valence-electron chi connectivity index (χ1n) is 4.72. The molecule has 1 aromatic heterocycles. The van der Waals surface area contributed by atoms with Gasteiger partial charge in [-0.1, -0.05) is 18.2 Å². The van der Waals surface area contributed by atoms with Gasteiger partial charge in [-0.2, -0.15) is 0 Å². The number of fused-ring (bicyclic) bond motifs is 1. The van der Waals surface area contributed by atoms with E-state index in [2.05, 4.69) is 4.98 Å². The van der Waals surface area contributed by atoms with Crippen LogP contribution in [0.1, 0.15) is 5.56 Å². The van der Waals surface area contributed by atoms with E-state index in [4.69, 9.17) is 10.8 Å². The SMILES string of the molecule is [15NH2][13C@H]([13CH2][13c]1[13cH][15nH][13c]2[13cH][13cH][13cH][13cH][13c]12)[13C](=O)O. The molecular weight excluding hydrogens is 205 g/mol. The zero-order valence-corrected chi connectivity index (χ0v) is 8.10. The van der Waals surface area contributed by atoms with Gasteiger partial charge in [-0.05, 0) is 11.6 Å². The van der Waals surface area contributed by atoms with E-state index in [1.807, 2.05) is 30.5 Å². The molecule has 4 nitrogen and oxygen atoms in total. The topological polar surface area (TPSA) is 79.1 Å². The molecule has 0 bridgehead atoms. The standard InChI is InChI=1S/C11H12N2O2/c12-9(11(14)15)5-7-6-13-10-4-2-1-3-8(7)10/h1-4,6,9,13H,5,12H2,(H,14,15)/t9-/m1/s1/i1+1,2+1,3+1,4+1,5+1,6+1,7+1,8+1,9+1,10+1,11+1,12+1,13+1. The number of nitrogens with two attached hydrogens (primary N) is 1. The molecule has 0 aliphatic carbocycles. The molecular formula is C11H12N2O2. The molecule has 15 heavy (non-hydrogen) atoms. The van der Waals surface area contributed by atoms with Crippen molar-refractivity contribution in [1.82, 2.24) is 4.98 Å². The van der Waals surface area contributed by atoms with Crippen LogP contribution in [0.5, 0.6) is 0 Å². The predicted octanol–water partition coefficient (Wildman–Crippen LogP) is 1.12. The van der Waals surface area contributed by atoms with E-state index in [0.717, 1.165) is 16.5 Å². The van der Waals surface area contributed by atoms with Crippen LogP contribution in [-0.4, -0.2) is 22.1 Å². The number of hydrogen-bond acceptors (Lipinski definition) is 2. The number of carbonyl (C=O) groups is 1. The highest BCUT2D eigenvalue weighted by molar-refractivity contribution is 5.84. The summed E-state index contributed by atoms with van der Waals surface area (Å²) in [5.74, 6) is -0.972. The summed E-state index contributed by atoms with van der Waals surface area (Å²) in [4.78, 5) is 13.7. The van der Waals surface area contributed by atoms with Crippen molar-refractivity contribution < 1.29 is 9.90 Å². The third-order valence-electron chi connectivity index (χ3n) is 2.43. The van der Waals surface area contributed by atoms with Crippen molar-refractivity contribution in [3.63, 3.8) is 0 Å². The summed E-state index contributed by atoms with van der Waals surface area (Å²) in [6.07, 6.45) is 2.16. The maximum atomic E-state index is 10.6. The second kappa shape index (κ2) is 3.74. The number of para-hydroxylation sites is 1. The first-order valence-corrected chi connectivity index (χ1v) is 4.72. The summed E-state index contributed by atoms with van der Waals surface area (Å²) in [5, 5.41) is 9.75. The lowest BCUT2D eigenvalue weighted by molar-refractivity contribution is -0.138. The van der Waals surface area contributed by atoms with Crippen LogP contribution in [0.4, 0.5) is 0 Å². The molecule has 2 rings (SSSR count). The number of carboxylic acid groups (broad SMARTS) is 1. The van der Waals surface area contributed by atoms with Gasteiger partial charge in [0, 0.05) is 23.5 Å². The van der Waals surface area contributed by atoms with Gasteiger partial charge in [0.25, 0.3) is 0 Å². The molecule has 0 aliphatic rings. The van der Waals surface area contributed by atoms with Crippen molar-refractivity contribution >= 4 is 16.9 Å². The summed E-state index contributed by atoms with van der Waals surface area (Å²) in [5.41, 5.74) is 7.43. The van der Waals surface area contributed by atoms with Gasteiger partial charge in [0.1, 0.15) is 6.04 Å². The molecule has 0 unspecified atom stereocenters. The predicted molar refractivity (Wildman–Crippen MR) is 57.6 cm³/mol. The molecule has 0 fully saturated rings. The van der Waals surface area contributed by atoms with E-state index in [0.29, 0.717) is 6.42 Å². The Labute approximate surface area is 86.7 Å². The van der Waals surface area contributed by atoms with Gasteiger partial charge < -0.3 is 15.8 Å². The number of rotatable bonds is 3. The Morgan fingerprint density at radius 1 is 1.47 bits per heavy atom. The fourth-order valence-electron chi connectivity index (χ4n) is 1.62. The summed E-state index contributed by atoms with van der Waals surface area (Å²) in [6.45, 7) is 0. The monoisotopic (exact) mass is 217 g/mol. The smallest absolute Gasteiger partial charge is 0.320 e. The molecule has 0 aliphatic heterocycles. The molecule has 0 saturated heterocycles. The fraction of sp³-hybridized carbons (Fsp3) is 0.182. The average Bonchev–Trinajstić information content (AvgIpc) is 2.62. The van der Waals surface area contributed by atoms with Crippen molar-refractivity contribution in [2.75, 3.05) is 0 Å². The zero-order chi connectivity index (χ0) is 10.8. The van der Waals surface area contributed by atoms with Gasteiger partial charge in [0.05, 0.1) is 0 Å². The van der Waals surface area contributed by atoms with Gasteiger partial charge in [-0.15, -0.1) is 0 Å². The highest BCUT2D eigenvalue weighted by Crippen LogP contribution is 2.18. The average molecular weight is 217 g/mol. The van der Waals surface area contributed by atoms with Gasteiger partial charge >= 0.3 is 5.97 Å². The van der Waals surface area contributed by atoms with E-state index in [1.54, 1.807) is 0 Å². The van der Waals surface area contributed by atoms with Crippen LogP contribution >= 0.6 is 0 Å². The first kappa shape index (κ1) is 9.73. The number of carboxylic acids is 1. The lowest BCUT2D eigenvalue weighted by atomic mass is 11.1. The molecule has 2 aromatic rings. The molecule has 0 spiro atoms. The van der Waals surface area contributed by atoms with E-state index in [9.17, 15) is 4.79 Å². The Morgan fingerprint density at radius 2 is 2.20 bits per heavy atom. The quantitative estimate of drug-likeness (QED) is 0.532. The van der Waals surface area contributed by atoms with Gasteiger partial charge in [0.15, 0.2) is 0 Å². The number of hydrogen-bond donors (Lipinski definition) is 3. The molecule has 1 heterocycles. The molecule has 4 N–H and O–H groups in total. The van der Waals surface area contributed by atoms with Crippen molar-refractivity contribution in [3.05, 3.63) is 36.0 Å². The number of aromatic amines is 1. The second-order valence-electron chi connectivity index (χ2n) is 3.51. The van der Waals surface area contributed by atoms with E-state index >= 15 is 0 Å². The molecule has 1 atom stereocenters. The molecule has 0 amide bonds. The zero-order valence-electron chi connectivity index (χ0n) is 8.10. The minimum Gasteiger partial charge on any atom is -0.480 e. The highest BCUT2D eigenvalue weighted by atomic mass is 16.5. The molecule has 4 heteroatoms. The number of nitrogens with one attached hydrogen (secondary N) is 1. The minimum atomic E-state index is -0.972. The van der Waals surface area contributed by atoms with Crippen LogP contribution in [0.25, 0.3) is 10.9 Å². The third kappa shape index (κ3) is 1.85. The Bertz CT molecular complexity index is 490. The maximum Gasteiger partial charge on any atom is 0.320 e. The van der Waals surface area contributed by atoms with E-state index in [1.165, 1.54) is 0 Å². The van der Waals surface area contributed by atoms with Crippen molar-refractivity contribution in [2.24, 2.45) is 5.73 Å². The molecule has 78 valence electrons. The molecule has 0 radical (unpaired) electrons. The largest absolute Gasteiger partial charge is 0.480 e. The third-order valence-corrected chi connectivity index (χ3v) is 2.43. The Morgan fingerprint density at radius 3 is 2.93 bits per heavy atom. The van der Waals surface area contributed by atoms with Crippen LogP contribution in [0.15, 0.2) is 30.5 Å². The molecule has 0 saturated carbocycles. The van der Waals surface area contributed by atoms with Crippen molar-refractivity contribution in [3.8, 4) is 0 Å². The van der Waals surface area contributed by atoms with Crippen LogP contribution in [-0.2, 0) is 11.2 Å². The number of H-pyrrole nitrogens is 1. The number of aliphatic carboxylic acids is 1. The summed E-state index contributed by atoms with van der Waals surface area (Å²) in [6, 6.07) is 6.91. The van der Waals surface area contributed by atoms with E-state index in [-0.39, 0.29) is 0 Å². The highest BCUT2D eigenvalue weighted by Gasteiger charge is 2.14. The molecule has 1 aromatic carbocycles. The number of aromatic nitrogens is 1. The van der Waals surface area contributed by atoms with Crippen LogP contribution < -0.4 is 5.73 Å². The van der Waals surface area contributed by atoms with Gasteiger partial charge in [-0.25, -0.2) is 0 Å². The lowest BCUT2D eigenvalue weighted by Gasteiger charge is -2.04. The first-order chi connectivity index (χ1) is 7.18. The van der Waals surface area contributed by atoms with Crippen LogP contribution in [0.2, 0.25) is 0 Å². The van der Waals surface area contributed by atoms with Gasteiger partial charge in [-0.3, -0.25) is 4.79 Å². The van der Waals surface area contributed by atoms with Gasteiger partial charge in [0.2, 0.25) is 0 Å². The normalized spacial score (nSPS) is 12.9. The van der Waals surface area contributed by atoms with Crippen molar-refractivity contribution in [1.29, 1.82) is 0 Å². The van der Waals surface area contributed by atoms with Crippen LogP contribution in [0.3, 0.4) is 0 Å². The van der Waals surface area contributed by atoms with Crippen molar-refractivity contribution in [2.45, 2.75) is 12.5 Å². The summed E-state index contributed by atoms with van der Waals surface area (Å²) >= 11 is 0. The number of benzene rings is 1. The summed E-state index contributed by atoms with van der Waals surface area (Å²) in [7, 11) is 0. The Hall–Kier alpha value is -1.81. The minimum absolute atomic E-state index is 0.347. The fourth-order valence-corrected chi connectivity index (χ4v) is 1.62. The lowest BCUT2D eigenvalue weighted by Crippen LogP contribution is -2.32. The Balaban J connectivity index is 2.32. The van der Waals surface area contributed by atoms with E-state index < -0.39 is 12.0 Å². The van der Waals surface area contributed by atoms with Crippen LogP contribution in [0, 0.1) is 0 Å². The second-order valence-corrected chi connectivity index (χ2v) is 3.51. The summed E-state index contributed by atoms with van der Waals surface area (Å²) < 4.78 is 0.